The fourth-order valence-electron chi connectivity index (χ4n) is 1.79. The molecule has 0 atom stereocenters. The first-order chi connectivity index (χ1) is 9.19. The number of anilines is 1. The third-order valence-electron chi connectivity index (χ3n) is 4.22. The number of nitrogens with one attached hydrogen (secondary N) is 1. The van der Waals surface area contributed by atoms with E-state index in [0.29, 0.717) is 0 Å². The maximum absolute atomic E-state index is 6.29. The molecule has 0 spiro atoms. The van der Waals surface area contributed by atoms with Gasteiger partial charge in [-0.3, -0.25) is 10.4 Å². The highest BCUT2D eigenvalue weighted by atomic mass is 28.4. The van der Waals surface area contributed by atoms with Crippen LogP contribution in [-0.2, 0) is 4.43 Å². The Balaban J connectivity index is 2.00. The molecule has 0 unspecified atom stereocenters. The van der Waals surface area contributed by atoms with Crippen LogP contribution in [0.2, 0.25) is 18.1 Å². The summed E-state index contributed by atoms with van der Waals surface area (Å²) in [5.74, 6) is 0.900. The Bertz CT molecular complexity index is 500. The van der Waals surface area contributed by atoms with Crippen molar-refractivity contribution in [2.45, 2.75) is 45.8 Å². The molecule has 1 heterocycles. The molecule has 2 rings (SSSR count). The molecule has 0 bridgehead atoms. The zero-order valence-electron chi connectivity index (χ0n) is 13.4. The number of hydrogen-bond acceptors (Lipinski definition) is 3. The molecule has 4 heteroatoms. The maximum Gasteiger partial charge on any atom is 0.252 e. The second-order valence-electron chi connectivity index (χ2n) is 6.99. The lowest BCUT2D eigenvalue weighted by Crippen LogP contribution is -2.43. The monoisotopic (exact) mass is 290 g/mol. The van der Waals surface area contributed by atoms with E-state index in [2.05, 4.69) is 81.6 Å². The Kier molecular flexibility index (Phi) is 3.87. The Labute approximate surface area is 123 Å². The highest BCUT2D eigenvalue weighted by molar-refractivity contribution is 6.74. The third kappa shape index (κ3) is 3.18. The van der Waals surface area contributed by atoms with E-state index in [-0.39, 0.29) is 5.04 Å². The van der Waals surface area contributed by atoms with Crippen molar-refractivity contribution in [3.8, 4) is 0 Å². The van der Waals surface area contributed by atoms with E-state index in [4.69, 9.17) is 4.43 Å². The summed E-state index contributed by atoms with van der Waals surface area (Å²) in [5, 5.41) is 2.33. The van der Waals surface area contributed by atoms with Gasteiger partial charge in [-0.1, -0.05) is 38.5 Å². The zero-order valence-corrected chi connectivity index (χ0v) is 14.4. The summed E-state index contributed by atoms with van der Waals surface area (Å²) in [6.45, 7) is 14.2. The third-order valence-corrected chi connectivity index (χ3v) is 8.56. The van der Waals surface area contributed by atoms with Gasteiger partial charge in [0.05, 0.1) is 12.2 Å². The molecule has 1 N–H and O–H groups in total. The van der Waals surface area contributed by atoms with Crippen molar-refractivity contribution in [1.82, 2.24) is 5.43 Å². The molecule has 1 aromatic rings. The standard InChI is InChI=1S/C16H26N2OSi/c1-13-7-9-14(10-8-13)18-12-11-15(17-18)19-20(5,6)16(2,3)4/h7-11,17H,12H2,1-6H3. The van der Waals surface area contributed by atoms with Crippen LogP contribution < -0.4 is 10.4 Å². The summed E-state index contributed by atoms with van der Waals surface area (Å²) in [5.41, 5.74) is 5.81. The van der Waals surface area contributed by atoms with Gasteiger partial charge in [-0.05, 0) is 43.3 Å². The molecule has 1 aliphatic rings. The van der Waals surface area contributed by atoms with Gasteiger partial charge in [0.2, 0.25) is 0 Å². The van der Waals surface area contributed by atoms with E-state index in [0.717, 1.165) is 12.4 Å². The Morgan fingerprint density at radius 2 is 1.75 bits per heavy atom. The number of benzene rings is 1. The summed E-state index contributed by atoms with van der Waals surface area (Å²) >= 11 is 0. The van der Waals surface area contributed by atoms with Crippen LogP contribution in [0.4, 0.5) is 5.69 Å². The van der Waals surface area contributed by atoms with Gasteiger partial charge < -0.3 is 4.43 Å². The maximum atomic E-state index is 6.29. The van der Waals surface area contributed by atoms with E-state index in [1.807, 2.05) is 0 Å². The minimum atomic E-state index is -1.77. The summed E-state index contributed by atoms with van der Waals surface area (Å²) in [6.07, 6.45) is 2.13. The largest absolute Gasteiger partial charge is 0.531 e. The number of rotatable bonds is 3. The van der Waals surface area contributed by atoms with Crippen molar-refractivity contribution in [1.29, 1.82) is 0 Å². The van der Waals surface area contributed by atoms with Gasteiger partial charge in [0.1, 0.15) is 0 Å². The molecule has 0 fully saturated rings. The lowest BCUT2D eigenvalue weighted by Gasteiger charge is -2.37. The average molecular weight is 290 g/mol. The Morgan fingerprint density at radius 3 is 2.30 bits per heavy atom. The van der Waals surface area contributed by atoms with Gasteiger partial charge in [-0.25, -0.2) is 0 Å². The van der Waals surface area contributed by atoms with Crippen molar-refractivity contribution in [2.24, 2.45) is 0 Å². The number of aryl methyl sites for hydroxylation is 1. The molecule has 0 aliphatic carbocycles. The first kappa shape index (κ1) is 15.0. The van der Waals surface area contributed by atoms with Crippen molar-refractivity contribution >= 4 is 14.0 Å². The molecule has 0 radical (unpaired) electrons. The summed E-state index contributed by atoms with van der Waals surface area (Å²) < 4.78 is 6.29. The molecule has 1 aromatic carbocycles. The lowest BCUT2D eigenvalue weighted by atomic mass is 10.2. The van der Waals surface area contributed by atoms with Crippen LogP contribution in [0.5, 0.6) is 0 Å². The molecule has 0 aromatic heterocycles. The summed E-state index contributed by atoms with van der Waals surface area (Å²) in [7, 11) is -1.77. The Morgan fingerprint density at radius 1 is 1.15 bits per heavy atom. The van der Waals surface area contributed by atoms with Gasteiger partial charge in [-0.2, -0.15) is 0 Å². The van der Waals surface area contributed by atoms with Crippen LogP contribution in [-0.4, -0.2) is 14.9 Å². The number of hydrogen-bond donors (Lipinski definition) is 1. The summed E-state index contributed by atoms with van der Waals surface area (Å²) in [4.78, 5) is 0. The number of hydrazine groups is 1. The van der Waals surface area contributed by atoms with E-state index in [1.54, 1.807) is 0 Å². The smallest absolute Gasteiger partial charge is 0.252 e. The van der Waals surface area contributed by atoms with Gasteiger partial charge in [0, 0.05) is 0 Å². The van der Waals surface area contributed by atoms with Gasteiger partial charge >= 0.3 is 0 Å². The van der Waals surface area contributed by atoms with Gasteiger partial charge in [0.15, 0.2) is 5.88 Å². The van der Waals surface area contributed by atoms with Crippen LogP contribution in [0.25, 0.3) is 0 Å². The lowest BCUT2D eigenvalue weighted by molar-refractivity contribution is 0.355. The fraction of sp³-hybridized carbons (Fsp3) is 0.500. The zero-order chi connectivity index (χ0) is 15.0. The molecule has 0 amide bonds. The van der Waals surface area contributed by atoms with Crippen LogP contribution in [0.3, 0.4) is 0 Å². The van der Waals surface area contributed by atoms with E-state index in [1.165, 1.54) is 11.3 Å². The first-order valence-electron chi connectivity index (χ1n) is 7.19. The van der Waals surface area contributed by atoms with Crippen molar-refractivity contribution in [2.75, 3.05) is 11.6 Å². The quantitative estimate of drug-likeness (QED) is 0.845. The topological polar surface area (TPSA) is 24.5 Å². The average Bonchev–Trinajstić information content (AvgIpc) is 2.76. The van der Waals surface area contributed by atoms with Crippen molar-refractivity contribution < 1.29 is 4.43 Å². The van der Waals surface area contributed by atoms with E-state index < -0.39 is 8.32 Å². The molecule has 1 aliphatic heterocycles. The van der Waals surface area contributed by atoms with Crippen LogP contribution >= 0.6 is 0 Å². The SMILES string of the molecule is Cc1ccc(N2CC=C(O[Si](C)(C)C(C)(C)C)N2)cc1. The molecule has 110 valence electrons. The minimum absolute atomic E-state index is 0.215. The molecule has 0 saturated heterocycles. The Hall–Kier alpha value is -1.42. The van der Waals surface area contributed by atoms with E-state index >= 15 is 0 Å². The van der Waals surface area contributed by atoms with Gasteiger partial charge in [-0.15, -0.1) is 0 Å². The second kappa shape index (κ2) is 5.17. The minimum Gasteiger partial charge on any atom is -0.531 e. The van der Waals surface area contributed by atoms with Crippen LogP contribution in [0, 0.1) is 6.92 Å². The normalized spacial score (nSPS) is 15.9. The van der Waals surface area contributed by atoms with E-state index in [9.17, 15) is 0 Å². The molecule has 0 saturated carbocycles. The van der Waals surface area contributed by atoms with Crippen LogP contribution in [0.1, 0.15) is 26.3 Å². The number of nitrogens with zero attached hydrogens (tertiary/aromatic N) is 1. The summed E-state index contributed by atoms with van der Waals surface area (Å²) in [6, 6.07) is 8.52. The first-order valence-corrected chi connectivity index (χ1v) is 10.1. The molecular weight excluding hydrogens is 264 g/mol. The van der Waals surface area contributed by atoms with Gasteiger partial charge in [0.25, 0.3) is 8.32 Å². The fourth-order valence-corrected chi connectivity index (χ4v) is 2.77. The molecular formula is C16H26N2OSi. The molecule has 20 heavy (non-hydrogen) atoms. The molecule has 3 nitrogen and oxygen atoms in total. The highest BCUT2D eigenvalue weighted by Crippen LogP contribution is 2.38. The van der Waals surface area contributed by atoms with Crippen molar-refractivity contribution in [3.63, 3.8) is 0 Å². The predicted octanol–water partition coefficient (Wildman–Crippen LogP) is 4.18. The van der Waals surface area contributed by atoms with Crippen molar-refractivity contribution in [3.05, 3.63) is 41.8 Å². The van der Waals surface area contributed by atoms with Crippen LogP contribution in [0.15, 0.2) is 36.2 Å². The highest BCUT2D eigenvalue weighted by Gasteiger charge is 2.40. The second-order valence-corrected chi connectivity index (χ2v) is 11.7. The predicted molar refractivity (Wildman–Crippen MR) is 88.0 cm³/mol.